The highest BCUT2D eigenvalue weighted by atomic mass is 16.6. The quantitative estimate of drug-likeness (QED) is 0.346. The third-order valence-corrected chi connectivity index (χ3v) is 1.70. The van der Waals surface area contributed by atoms with Crippen LogP contribution in [-0.2, 0) is 14.3 Å². The van der Waals surface area contributed by atoms with E-state index in [1.165, 1.54) is 7.11 Å². The number of rotatable bonds is 7. The summed E-state index contributed by atoms with van der Waals surface area (Å²) >= 11 is 0. The molecular weight excluding hydrogens is 168 g/mol. The maximum atomic E-state index is 10.9. The first-order chi connectivity index (χ1) is 6.22. The van der Waals surface area contributed by atoms with E-state index >= 15 is 0 Å². The Bertz CT molecular complexity index is 154. The number of carbonyl (C=O) groups is 1. The van der Waals surface area contributed by atoms with Gasteiger partial charge in [0.25, 0.3) is 0 Å². The van der Waals surface area contributed by atoms with Gasteiger partial charge in [-0.2, -0.15) is 0 Å². The molecule has 0 bridgehead atoms. The Morgan fingerprint density at radius 2 is 2.23 bits per heavy atom. The van der Waals surface area contributed by atoms with Crippen molar-refractivity contribution in [2.75, 3.05) is 13.7 Å². The van der Waals surface area contributed by atoms with Crippen LogP contribution in [0.2, 0.25) is 0 Å². The molecule has 0 saturated heterocycles. The van der Waals surface area contributed by atoms with E-state index in [0.717, 1.165) is 19.3 Å². The summed E-state index contributed by atoms with van der Waals surface area (Å²) < 4.78 is 9.74. The molecule has 0 fully saturated rings. The summed E-state index contributed by atoms with van der Waals surface area (Å²) in [6.45, 7) is 5.92. The zero-order chi connectivity index (χ0) is 10.1. The molecule has 0 N–H and O–H groups in total. The molecule has 0 rings (SSSR count). The lowest BCUT2D eigenvalue weighted by atomic mass is 10.2. The number of esters is 1. The van der Waals surface area contributed by atoms with Crippen LogP contribution in [-0.4, -0.2) is 25.8 Å². The largest absolute Gasteiger partial charge is 0.467 e. The van der Waals surface area contributed by atoms with E-state index in [4.69, 9.17) is 4.74 Å². The Morgan fingerprint density at radius 3 is 2.77 bits per heavy atom. The van der Waals surface area contributed by atoms with E-state index in [1.54, 1.807) is 6.92 Å². The van der Waals surface area contributed by atoms with E-state index in [-0.39, 0.29) is 5.97 Å². The minimum absolute atomic E-state index is 0.316. The molecule has 0 aromatic rings. The zero-order valence-electron chi connectivity index (χ0n) is 8.41. The van der Waals surface area contributed by atoms with Crippen LogP contribution < -0.4 is 0 Å². The summed E-state index contributed by atoms with van der Waals surface area (Å²) in [6.07, 6.45) is 4.43. The summed E-state index contributed by atoms with van der Waals surface area (Å²) in [5.41, 5.74) is 0. The lowest BCUT2D eigenvalue weighted by Gasteiger charge is -2.09. The van der Waals surface area contributed by atoms with Crippen LogP contribution in [0.15, 0.2) is 12.7 Å². The van der Waals surface area contributed by atoms with Crippen molar-refractivity contribution >= 4 is 5.97 Å². The number of hydrogen-bond acceptors (Lipinski definition) is 3. The number of allylic oxidation sites excluding steroid dienone is 1. The Hall–Kier alpha value is -0.830. The van der Waals surface area contributed by atoms with Crippen LogP contribution in [0.1, 0.15) is 26.2 Å². The predicted octanol–water partition coefficient (Wildman–Crippen LogP) is 1.92. The molecule has 0 radical (unpaired) electrons. The van der Waals surface area contributed by atoms with Gasteiger partial charge in [-0.15, -0.1) is 6.58 Å². The number of ether oxygens (including phenoxy) is 2. The van der Waals surface area contributed by atoms with Gasteiger partial charge in [0.15, 0.2) is 6.10 Å². The molecule has 13 heavy (non-hydrogen) atoms. The normalized spacial score (nSPS) is 12.2. The second kappa shape index (κ2) is 7.80. The molecular formula is C10H18O3. The number of methoxy groups -OCH3 is 1. The summed E-state index contributed by atoms with van der Waals surface area (Å²) in [7, 11) is 1.36. The second-order valence-electron chi connectivity index (χ2n) is 2.82. The van der Waals surface area contributed by atoms with E-state index in [9.17, 15) is 4.79 Å². The standard InChI is InChI=1S/C10H18O3/c1-4-5-6-7-8-13-9(2)10(11)12-3/h4,9H,1,5-8H2,2-3H3. The van der Waals surface area contributed by atoms with Gasteiger partial charge in [-0.1, -0.05) is 6.08 Å². The lowest BCUT2D eigenvalue weighted by Crippen LogP contribution is -2.22. The highest BCUT2D eigenvalue weighted by molar-refractivity contribution is 5.73. The summed E-state index contributed by atoms with van der Waals surface area (Å²) in [4.78, 5) is 10.9. The van der Waals surface area contributed by atoms with Gasteiger partial charge < -0.3 is 9.47 Å². The average Bonchev–Trinajstić information content (AvgIpc) is 2.16. The molecule has 0 amide bonds. The van der Waals surface area contributed by atoms with E-state index in [0.29, 0.717) is 6.61 Å². The minimum Gasteiger partial charge on any atom is -0.467 e. The van der Waals surface area contributed by atoms with Gasteiger partial charge in [-0.25, -0.2) is 4.79 Å². The van der Waals surface area contributed by atoms with Crippen LogP contribution in [0.25, 0.3) is 0 Å². The summed E-state index contributed by atoms with van der Waals surface area (Å²) in [6, 6.07) is 0. The van der Waals surface area contributed by atoms with Crippen molar-refractivity contribution in [2.24, 2.45) is 0 Å². The Kier molecular flexibility index (Phi) is 7.30. The van der Waals surface area contributed by atoms with Gasteiger partial charge in [-0.3, -0.25) is 0 Å². The lowest BCUT2D eigenvalue weighted by molar-refractivity contribution is -0.152. The van der Waals surface area contributed by atoms with Crippen LogP contribution in [0.3, 0.4) is 0 Å². The molecule has 1 atom stereocenters. The van der Waals surface area contributed by atoms with Gasteiger partial charge in [0.05, 0.1) is 7.11 Å². The number of hydrogen-bond donors (Lipinski definition) is 0. The van der Waals surface area contributed by atoms with Crippen molar-refractivity contribution in [1.29, 1.82) is 0 Å². The first-order valence-electron chi connectivity index (χ1n) is 4.52. The Labute approximate surface area is 79.7 Å². The first kappa shape index (κ1) is 12.2. The third kappa shape index (κ3) is 6.34. The van der Waals surface area contributed by atoms with Crippen molar-refractivity contribution in [3.63, 3.8) is 0 Å². The topological polar surface area (TPSA) is 35.5 Å². The molecule has 1 unspecified atom stereocenters. The maximum absolute atomic E-state index is 10.9. The maximum Gasteiger partial charge on any atom is 0.334 e. The molecule has 3 nitrogen and oxygen atoms in total. The van der Waals surface area contributed by atoms with Crippen LogP contribution in [0, 0.1) is 0 Å². The van der Waals surface area contributed by atoms with Gasteiger partial charge in [0, 0.05) is 6.61 Å². The third-order valence-electron chi connectivity index (χ3n) is 1.70. The molecule has 0 aliphatic rings. The van der Waals surface area contributed by atoms with E-state index in [2.05, 4.69) is 11.3 Å². The second-order valence-corrected chi connectivity index (χ2v) is 2.82. The molecule has 0 aromatic heterocycles. The molecule has 76 valence electrons. The molecule has 0 heterocycles. The van der Waals surface area contributed by atoms with Crippen LogP contribution in [0.4, 0.5) is 0 Å². The van der Waals surface area contributed by atoms with Crippen molar-refractivity contribution in [2.45, 2.75) is 32.3 Å². The van der Waals surface area contributed by atoms with Gasteiger partial charge in [-0.05, 0) is 26.2 Å². The highest BCUT2D eigenvalue weighted by Gasteiger charge is 2.12. The summed E-state index contributed by atoms with van der Waals surface area (Å²) in [5, 5.41) is 0. The van der Waals surface area contributed by atoms with Crippen molar-refractivity contribution in [3.05, 3.63) is 12.7 Å². The smallest absolute Gasteiger partial charge is 0.334 e. The van der Waals surface area contributed by atoms with Crippen molar-refractivity contribution < 1.29 is 14.3 Å². The van der Waals surface area contributed by atoms with Crippen molar-refractivity contribution in [3.8, 4) is 0 Å². The fraction of sp³-hybridized carbons (Fsp3) is 0.700. The SMILES string of the molecule is C=CCCCCOC(C)C(=O)OC. The molecule has 3 heteroatoms. The zero-order valence-corrected chi connectivity index (χ0v) is 8.41. The van der Waals surface area contributed by atoms with Crippen LogP contribution >= 0.6 is 0 Å². The Balaban J connectivity index is 3.31. The molecule has 0 spiro atoms. The van der Waals surface area contributed by atoms with Gasteiger partial charge in [0.2, 0.25) is 0 Å². The van der Waals surface area contributed by atoms with Gasteiger partial charge in [0.1, 0.15) is 0 Å². The van der Waals surface area contributed by atoms with Crippen LogP contribution in [0.5, 0.6) is 0 Å². The first-order valence-corrected chi connectivity index (χ1v) is 4.52. The van der Waals surface area contributed by atoms with Crippen molar-refractivity contribution in [1.82, 2.24) is 0 Å². The fourth-order valence-corrected chi connectivity index (χ4v) is 0.885. The molecule has 0 saturated carbocycles. The monoisotopic (exact) mass is 186 g/mol. The minimum atomic E-state index is -0.450. The fourth-order valence-electron chi connectivity index (χ4n) is 0.885. The van der Waals surface area contributed by atoms with E-state index in [1.807, 2.05) is 6.08 Å². The molecule has 0 aromatic carbocycles. The predicted molar refractivity (Wildman–Crippen MR) is 51.5 cm³/mol. The highest BCUT2D eigenvalue weighted by Crippen LogP contribution is 1.99. The molecule has 0 aliphatic carbocycles. The average molecular weight is 186 g/mol. The van der Waals surface area contributed by atoms with E-state index < -0.39 is 6.10 Å². The summed E-state index contributed by atoms with van der Waals surface area (Å²) in [5.74, 6) is -0.316. The Morgan fingerprint density at radius 1 is 1.54 bits per heavy atom. The number of unbranched alkanes of at least 4 members (excludes halogenated alkanes) is 2. The number of carbonyl (C=O) groups excluding carboxylic acids is 1. The van der Waals surface area contributed by atoms with Gasteiger partial charge >= 0.3 is 5.97 Å². The molecule has 0 aliphatic heterocycles.